The van der Waals surface area contributed by atoms with Gasteiger partial charge in [0, 0.05) is 13.1 Å². The molecule has 33 heavy (non-hydrogen) atoms. The number of nitrogens with one attached hydrogen (secondary N) is 3. The van der Waals surface area contributed by atoms with Crippen LogP contribution in [0.15, 0.2) is 54.6 Å². The van der Waals surface area contributed by atoms with Gasteiger partial charge in [-0.2, -0.15) is 0 Å². The van der Waals surface area contributed by atoms with Crippen molar-refractivity contribution in [3.8, 4) is 0 Å². The van der Waals surface area contributed by atoms with E-state index in [0.717, 1.165) is 16.7 Å². The van der Waals surface area contributed by atoms with Gasteiger partial charge >= 0.3 is 0 Å². The van der Waals surface area contributed by atoms with Crippen LogP contribution in [0.2, 0.25) is 0 Å². The molecule has 3 rings (SSSR count). The fraction of sp³-hybridized carbons (Fsp3) is 0.400. The Morgan fingerprint density at radius 1 is 1.00 bits per heavy atom. The Bertz CT molecular complexity index is 967. The molecule has 0 aliphatic carbocycles. The molecule has 0 radical (unpaired) electrons. The highest BCUT2D eigenvalue weighted by Gasteiger charge is 2.41. The molecule has 1 aliphatic heterocycles. The van der Waals surface area contributed by atoms with Crippen LogP contribution >= 0.6 is 12.4 Å². The zero-order chi connectivity index (χ0) is 23.3. The third-order valence-electron chi connectivity index (χ3n) is 5.90. The van der Waals surface area contributed by atoms with Gasteiger partial charge in [0.25, 0.3) is 0 Å². The van der Waals surface area contributed by atoms with Gasteiger partial charge in [0.15, 0.2) is 0 Å². The third kappa shape index (κ3) is 6.12. The highest BCUT2D eigenvalue weighted by atomic mass is 35.5. The number of halogens is 1. The maximum absolute atomic E-state index is 13.6. The van der Waals surface area contributed by atoms with Crippen LogP contribution < -0.4 is 16.0 Å². The quantitative estimate of drug-likeness (QED) is 0.550. The molecule has 178 valence electrons. The van der Waals surface area contributed by atoms with Gasteiger partial charge in [-0.1, -0.05) is 68.4 Å². The van der Waals surface area contributed by atoms with Crippen molar-refractivity contribution in [1.82, 2.24) is 20.9 Å². The zero-order valence-corrected chi connectivity index (χ0v) is 20.3. The largest absolute Gasteiger partial charge is 0.350 e. The average molecular weight is 473 g/mol. The minimum absolute atomic E-state index is 0. The van der Waals surface area contributed by atoms with Crippen molar-refractivity contribution in [1.29, 1.82) is 0 Å². The zero-order valence-electron chi connectivity index (χ0n) is 19.5. The number of fused-ring (bicyclic) bond motifs is 1. The van der Waals surface area contributed by atoms with Crippen molar-refractivity contribution >= 4 is 30.1 Å². The summed E-state index contributed by atoms with van der Waals surface area (Å²) in [4.78, 5) is 40.9. The molecule has 3 amide bonds. The van der Waals surface area contributed by atoms with E-state index in [9.17, 15) is 14.4 Å². The predicted molar refractivity (Wildman–Crippen MR) is 131 cm³/mol. The van der Waals surface area contributed by atoms with E-state index in [4.69, 9.17) is 0 Å². The highest BCUT2D eigenvalue weighted by Crippen LogP contribution is 2.34. The number of carbonyl (C=O) groups excluding carboxylic acids is 3. The second-order valence-electron chi connectivity index (χ2n) is 8.51. The van der Waals surface area contributed by atoms with Crippen LogP contribution in [0.5, 0.6) is 0 Å². The lowest BCUT2D eigenvalue weighted by molar-refractivity contribution is -0.144. The normalized spacial score (nSPS) is 16.4. The van der Waals surface area contributed by atoms with Gasteiger partial charge in [-0.15, -0.1) is 12.4 Å². The number of likely N-dealkylation sites (N-methyl/N-ethyl adjacent to an activating group) is 1. The first kappa shape index (κ1) is 26.4. The van der Waals surface area contributed by atoms with Crippen LogP contribution in [0.3, 0.4) is 0 Å². The fourth-order valence-corrected chi connectivity index (χ4v) is 3.86. The molecule has 0 spiro atoms. The monoisotopic (exact) mass is 472 g/mol. The summed E-state index contributed by atoms with van der Waals surface area (Å²) in [6.45, 7) is 6.23. The number of hydrogen-bond acceptors (Lipinski definition) is 4. The van der Waals surface area contributed by atoms with Gasteiger partial charge in [-0.25, -0.2) is 0 Å². The number of hydrogen-bond donors (Lipinski definition) is 3. The molecule has 2 aromatic carbocycles. The molecule has 8 heteroatoms. The van der Waals surface area contributed by atoms with E-state index in [-0.39, 0.29) is 36.0 Å². The molecule has 3 N–H and O–H groups in total. The summed E-state index contributed by atoms with van der Waals surface area (Å²) in [5, 5.41) is 8.73. The SMILES string of the molecule is CNC(C)C(=O)NC(C(=O)N1Cc2ccccc2C1C(=O)NCc1ccccc1)C(C)C.Cl. The van der Waals surface area contributed by atoms with Crippen molar-refractivity contribution in [2.24, 2.45) is 5.92 Å². The number of amides is 3. The Labute approximate surface area is 201 Å². The van der Waals surface area contributed by atoms with Crippen molar-refractivity contribution in [2.75, 3.05) is 7.05 Å². The predicted octanol–water partition coefficient (Wildman–Crippen LogP) is 2.56. The van der Waals surface area contributed by atoms with Crippen molar-refractivity contribution in [3.05, 3.63) is 71.3 Å². The molecule has 1 aliphatic rings. The van der Waals surface area contributed by atoms with Crippen LogP contribution in [-0.2, 0) is 27.5 Å². The lowest BCUT2D eigenvalue weighted by Crippen LogP contribution is -2.55. The van der Waals surface area contributed by atoms with Crippen LogP contribution in [-0.4, -0.2) is 41.8 Å². The topological polar surface area (TPSA) is 90.5 Å². The number of benzene rings is 2. The first-order valence-electron chi connectivity index (χ1n) is 11.0. The average Bonchev–Trinajstić information content (AvgIpc) is 3.20. The summed E-state index contributed by atoms with van der Waals surface area (Å²) >= 11 is 0. The molecule has 7 nitrogen and oxygen atoms in total. The number of rotatable bonds is 8. The van der Waals surface area contributed by atoms with E-state index >= 15 is 0 Å². The lowest BCUT2D eigenvalue weighted by atomic mass is 10.0. The Morgan fingerprint density at radius 3 is 2.27 bits per heavy atom. The molecular weight excluding hydrogens is 440 g/mol. The van der Waals surface area contributed by atoms with E-state index in [0.29, 0.717) is 13.1 Å². The number of nitrogens with zero attached hydrogens (tertiary/aromatic N) is 1. The van der Waals surface area contributed by atoms with Gasteiger partial charge < -0.3 is 20.9 Å². The summed E-state index contributed by atoms with van der Waals surface area (Å²) in [7, 11) is 1.70. The first-order valence-corrected chi connectivity index (χ1v) is 11.0. The lowest BCUT2D eigenvalue weighted by Gasteiger charge is -2.31. The minimum Gasteiger partial charge on any atom is -0.350 e. The summed E-state index contributed by atoms with van der Waals surface area (Å²) in [6.07, 6.45) is 0. The highest BCUT2D eigenvalue weighted by molar-refractivity contribution is 5.94. The van der Waals surface area contributed by atoms with Crippen molar-refractivity contribution in [2.45, 2.75) is 52.0 Å². The van der Waals surface area contributed by atoms with Crippen LogP contribution in [0, 0.1) is 5.92 Å². The van der Waals surface area contributed by atoms with Crippen LogP contribution in [0.25, 0.3) is 0 Å². The maximum atomic E-state index is 13.6. The Morgan fingerprint density at radius 2 is 1.64 bits per heavy atom. The Balaban J connectivity index is 0.00000385. The maximum Gasteiger partial charge on any atom is 0.247 e. The summed E-state index contributed by atoms with van der Waals surface area (Å²) in [6, 6.07) is 15.4. The molecule has 2 aromatic rings. The molecule has 0 saturated heterocycles. The smallest absolute Gasteiger partial charge is 0.247 e. The van der Waals surface area contributed by atoms with E-state index in [1.807, 2.05) is 68.4 Å². The first-order chi connectivity index (χ1) is 15.3. The standard InChI is InChI=1S/C25H32N4O3.ClH/c1-16(2)21(28-23(30)17(3)26-4)25(32)29-15-19-12-8-9-13-20(19)22(29)24(31)27-14-18-10-6-5-7-11-18;/h5-13,16-17,21-22,26H,14-15H2,1-4H3,(H,27,31)(H,28,30);1H. The second-order valence-corrected chi connectivity index (χ2v) is 8.51. The molecule has 0 aromatic heterocycles. The molecule has 3 atom stereocenters. The van der Waals surface area contributed by atoms with E-state index in [1.54, 1.807) is 18.9 Å². The van der Waals surface area contributed by atoms with Crippen LogP contribution in [0.1, 0.15) is 43.5 Å². The van der Waals surface area contributed by atoms with Gasteiger partial charge in [0.05, 0.1) is 6.04 Å². The minimum atomic E-state index is -0.734. The third-order valence-corrected chi connectivity index (χ3v) is 5.90. The van der Waals surface area contributed by atoms with E-state index in [1.165, 1.54) is 0 Å². The van der Waals surface area contributed by atoms with Gasteiger partial charge in [0.1, 0.15) is 12.1 Å². The summed E-state index contributed by atoms with van der Waals surface area (Å²) in [5.74, 6) is -0.870. The molecule has 0 fully saturated rings. The molecule has 1 heterocycles. The van der Waals surface area contributed by atoms with Gasteiger partial charge in [0.2, 0.25) is 17.7 Å². The Kier molecular flexibility index (Phi) is 9.44. The van der Waals surface area contributed by atoms with Gasteiger partial charge in [-0.3, -0.25) is 14.4 Å². The molecule has 0 saturated carbocycles. The van der Waals surface area contributed by atoms with Gasteiger partial charge in [-0.05, 0) is 36.6 Å². The van der Waals surface area contributed by atoms with E-state index < -0.39 is 18.1 Å². The Hall–Kier alpha value is -2.90. The molecular formula is C25H33ClN4O3. The fourth-order valence-electron chi connectivity index (χ4n) is 3.86. The second kappa shape index (κ2) is 11.8. The molecule has 0 bridgehead atoms. The van der Waals surface area contributed by atoms with Crippen molar-refractivity contribution in [3.63, 3.8) is 0 Å². The van der Waals surface area contributed by atoms with E-state index in [2.05, 4.69) is 16.0 Å². The van der Waals surface area contributed by atoms with Crippen LogP contribution in [0.4, 0.5) is 0 Å². The van der Waals surface area contributed by atoms with Crippen molar-refractivity contribution < 1.29 is 14.4 Å². The molecule has 3 unspecified atom stereocenters. The summed E-state index contributed by atoms with van der Waals surface area (Å²) in [5.41, 5.74) is 2.75. The summed E-state index contributed by atoms with van der Waals surface area (Å²) < 4.78 is 0. The number of carbonyl (C=O) groups is 3.